The summed E-state index contributed by atoms with van der Waals surface area (Å²) in [5, 5.41) is 2.65. The number of hydrogen-bond donors (Lipinski definition) is 0. The van der Waals surface area contributed by atoms with E-state index < -0.39 is 0 Å². The molecule has 0 aliphatic heterocycles. The summed E-state index contributed by atoms with van der Waals surface area (Å²) in [7, 11) is 0. The average Bonchev–Trinajstić information content (AvgIpc) is 2.52. The molecule has 0 aliphatic carbocycles. The fourth-order valence-electron chi connectivity index (χ4n) is 3.97. The van der Waals surface area contributed by atoms with E-state index >= 15 is 0 Å². The van der Waals surface area contributed by atoms with Crippen LogP contribution < -0.4 is 0 Å². The normalized spacial score (nSPS) is 11.3. The van der Waals surface area contributed by atoms with Gasteiger partial charge in [-0.05, 0) is 79.3 Å². The van der Waals surface area contributed by atoms with Crippen LogP contribution >= 0.6 is 0 Å². The monoisotopic (exact) mass is 538 g/mol. The third kappa shape index (κ3) is 5.27. The molecule has 2 heteroatoms. The maximum absolute atomic E-state index is 4.80. The summed E-state index contributed by atoms with van der Waals surface area (Å²) in [5.41, 5.74) is 7.82. The summed E-state index contributed by atoms with van der Waals surface area (Å²) < 4.78 is 0. The molecule has 0 aliphatic rings. The fraction of sp³-hybridized carbons (Fsp3) is 0.400. The second-order valence-corrected chi connectivity index (χ2v) is 8.58. The zero-order valence-electron chi connectivity index (χ0n) is 17.4. The van der Waals surface area contributed by atoms with Crippen molar-refractivity contribution in [2.75, 3.05) is 0 Å². The maximum atomic E-state index is 4.80. The van der Waals surface area contributed by atoms with Gasteiger partial charge in [0.15, 0.2) is 0 Å². The average molecular weight is 538 g/mol. The Morgan fingerprint density at radius 1 is 0.778 bits per heavy atom. The molecule has 0 atom stereocenters. The number of hydrogen-bond acceptors (Lipinski definition) is 1. The van der Waals surface area contributed by atoms with Gasteiger partial charge in [0.2, 0.25) is 0 Å². The molecule has 0 N–H and O–H groups in total. The molecule has 145 valence electrons. The first-order valence-corrected chi connectivity index (χ1v) is 9.82. The first-order valence-electron chi connectivity index (χ1n) is 9.82. The van der Waals surface area contributed by atoms with Gasteiger partial charge in [-0.3, -0.25) is 4.98 Å². The minimum atomic E-state index is 0. The Hall–Kier alpha value is -1.50. The number of aryl methyl sites for hydroxylation is 2. The van der Waals surface area contributed by atoms with E-state index in [4.69, 9.17) is 4.98 Å². The zero-order valence-corrected chi connectivity index (χ0v) is 19.8. The van der Waals surface area contributed by atoms with Crippen molar-refractivity contribution in [2.24, 2.45) is 11.8 Å². The van der Waals surface area contributed by atoms with Gasteiger partial charge in [-0.25, -0.2) is 0 Å². The minimum absolute atomic E-state index is 0. The molecule has 1 heterocycles. The van der Waals surface area contributed by atoms with Crippen molar-refractivity contribution < 1.29 is 20.1 Å². The van der Waals surface area contributed by atoms with Crippen LogP contribution in [0.5, 0.6) is 0 Å². The van der Waals surface area contributed by atoms with E-state index in [1.807, 2.05) is 6.20 Å². The van der Waals surface area contributed by atoms with Crippen LogP contribution in [0, 0.1) is 25.7 Å². The van der Waals surface area contributed by atoms with Crippen molar-refractivity contribution in [1.29, 1.82) is 0 Å². The van der Waals surface area contributed by atoms with Crippen LogP contribution in [-0.2, 0) is 32.9 Å². The Morgan fingerprint density at radius 2 is 1.41 bits per heavy atom. The second kappa shape index (κ2) is 9.13. The molecular weight excluding hydrogens is 506 g/mol. The Balaban J connectivity index is 0.00000261. The smallest absolute Gasteiger partial charge is 0.0780 e. The predicted octanol–water partition coefficient (Wildman–Crippen LogP) is 6.91. The molecule has 3 rings (SSSR count). The van der Waals surface area contributed by atoms with Crippen LogP contribution in [0.15, 0.2) is 42.6 Å². The summed E-state index contributed by atoms with van der Waals surface area (Å²) in [4.78, 5) is 4.80. The van der Waals surface area contributed by atoms with Gasteiger partial charge >= 0.3 is 0 Å². The molecule has 0 spiro atoms. The van der Waals surface area contributed by atoms with Crippen LogP contribution in [0.1, 0.15) is 49.9 Å². The van der Waals surface area contributed by atoms with E-state index in [0.717, 1.165) is 18.5 Å². The Kier molecular flexibility index (Phi) is 7.37. The Morgan fingerprint density at radius 3 is 2.00 bits per heavy atom. The van der Waals surface area contributed by atoms with Crippen LogP contribution in [0.25, 0.3) is 22.0 Å². The molecule has 3 aromatic rings. The van der Waals surface area contributed by atoms with E-state index in [1.165, 1.54) is 38.6 Å². The van der Waals surface area contributed by atoms with Crippen LogP contribution in [0.3, 0.4) is 0 Å². The number of fused-ring (bicyclic) bond motifs is 1. The van der Waals surface area contributed by atoms with E-state index in [-0.39, 0.29) is 20.1 Å². The number of benzene rings is 2. The van der Waals surface area contributed by atoms with Gasteiger partial charge in [0.25, 0.3) is 0 Å². The number of rotatable bonds is 5. The molecule has 0 amide bonds. The van der Waals surface area contributed by atoms with E-state index in [9.17, 15) is 0 Å². The zero-order chi connectivity index (χ0) is 18.8. The van der Waals surface area contributed by atoms with E-state index in [1.54, 1.807) is 0 Å². The van der Waals surface area contributed by atoms with Crippen molar-refractivity contribution >= 4 is 10.8 Å². The third-order valence-electron chi connectivity index (χ3n) is 4.79. The molecule has 0 saturated carbocycles. The molecule has 1 nitrogen and oxygen atoms in total. The molecule has 0 bridgehead atoms. The van der Waals surface area contributed by atoms with Gasteiger partial charge in [0.1, 0.15) is 0 Å². The SMILES string of the molecule is Cc1cc(C)cc(-c2nccc3c(CC(C)C)cc(CC(C)C)cc23)c1.[Ir]. The summed E-state index contributed by atoms with van der Waals surface area (Å²) in [6.45, 7) is 13.5. The number of pyridine rings is 1. The molecule has 0 unspecified atom stereocenters. The summed E-state index contributed by atoms with van der Waals surface area (Å²) in [5.74, 6) is 1.30. The molecule has 0 fully saturated rings. The topological polar surface area (TPSA) is 12.9 Å². The fourth-order valence-corrected chi connectivity index (χ4v) is 3.97. The number of nitrogens with zero attached hydrogens (tertiary/aromatic N) is 1. The van der Waals surface area contributed by atoms with Gasteiger partial charge < -0.3 is 0 Å². The molecule has 1 aromatic heterocycles. The first-order chi connectivity index (χ1) is 12.3. The van der Waals surface area contributed by atoms with Crippen LogP contribution in [-0.4, -0.2) is 4.98 Å². The van der Waals surface area contributed by atoms with Gasteiger partial charge in [0.05, 0.1) is 5.69 Å². The Bertz CT molecular complexity index is 905. The van der Waals surface area contributed by atoms with Crippen LogP contribution in [0.4, 0.5) is 0 Å². The summed E-state index contributed by atoms with van der Waals surface area (Å²) >= 11 is 0. The summed E-state index contributed by atoms with van der Waals surface area (Å²) in [6.07, 6.45) is 4.20. The van der Waals surface area contributed by atoms with E-state index in [0.29, 0.717) is 11.8 Å². The van der Waals surface area contributed by atoms with Crippen molar-refractivity contribution in [3.63, 3.8) is 0 Å². The van der Waals surface area contributed by atoms with Gasteiger partial charge in [-0.1, -0.05) is 51.0 Å². The van der Waals surface area contributed by atoms with Gasteiger partial charge in [-0.15, -0.1) is 0 Å². The second-order valence-electron chi connectivity index (χ2n) is 8.58. The maximum Gasteiger partial charge on any atom is 0.0780 e. The molecule has 0 saturated heterocycles. The van der Waals surface area contributed by atoms with E-state index in [2.05, 4.69) is 77.9 Å². The Labute approximate surface area is 178 Å². The van der Waals surface area contributed by atoms with Gasteiger partial charge in [0, 0.05) is 37.3 Å². The largest absolute Gasteiger partial charge is 0.256 e. The summed E-state index contributed by atoms with van der Waals surface area (Å²) in [6, 6.07) is 13.7. The van der Waals surface area contributed by atoms with Crippen molar-refractivity contribution in [2.45, 2.75) is 54.4 Å². The standard InChI is InChI=1S/C25H31N.Ir/c1-16(2)9-20-14-21(10-17(3)4)23-7-8-26-25(24(23)15-20)22-12-18(5)11-19(6)13-22;/h7-8,11-17H,9-10H2,1-6H3;. The first kappa shape index (κ1) is 21.8. The van der Waals surface area contributed by atoms with Gasteiger partial charge in [-0.2, -0.15) is 0 Å². The van der Waals surface area contributed by atoms with Crippen molar-refractivity contribution in [1.82, 2.24) is 4.98 Å². The van der Waals surface area contributed by atoms with Crippen LogP contribution in [0.2, 0.25) is 0 Å². The quantitative estimate of drug-likeness (QED) is 0.345. The molecular formula is C25H31IrN. The van der Waals surface area contributed by atoms with Crippen molar-refractivity contribution in [3.05, 3.63) is 64.8 Å². The molecule has 1 radical (unpaired) electrons. The molecule has 2 aromatic carbocycles. The third-order valence-corrected chi connectivity index (χ3v) is 4.79. The van der Waals surface area contributed by atoms with Crippen molar-refractivity contribution in [3.8, 4) is 11.3 Å². The number of aromatic nitrogens is 1. The molecule has 27 heavy (non-hydrogen) atoms. The minimum Gasteiger partial charge on any atom is -0.256 e. The predicted molar refractivity (Wildman–Crippen MR) is 114 cm³/mol.